The Hall–Kier alpha value is -1.35. The molecule has 17 heavy (non-hydrogen) atoms. The zero-order chi connectivity index (χ0) is 12.1. The summed E-state index contributed by atoms with van der Waals surface area (Å²) in [7, 11) is 0. The molecule has 0 heterocycles. The Labute approximate surface area is 103 Å². The normalized spacial score (nSPS) is 16.5. The van der Waals surface area contributed by atoms with E-state index in [9.17, 15) is 4.79 Å². The number of carbonyl (C=O) groups excluding carboxylic acids is 1. The second kappa shape index (κ2) is 5.32. The second-order valence-corrected chi connectivity index (χ2v) is 5.18. The minimum absolute atomic E-state index is 0.0677. The van der Waals surface area contributed by atoms with E-state index >= 15 is 0 Å². The van der Waals surface area contributed by atoms with Crippen LogP contribution in [0, 0.1) is 5.41 Å². The van der Waals surface area contributed by atoms with Gasteiger partial charge in [0.05, 0.1) is 6.54 Å². The number of rotatable bonds is 6. The molecule has 1 aromatic rings. The van der Waals surface area contributed by atoms with E-state index in [1.807, 2.05) is 30.3 Å². The molecule has 0 aromatic heterocycles. The van der Waals surface area contributed by atoms with Gasteiger partial charge in [-0.15, -0.1) is 0 Å². The van der Waals surface area contributed by atoms with Gasteiger partial charge in [0.15, 0.2) is 0 Å². The van der Waals surface area contributed by atoms with Crippen LogP contribution in [0.2, 0.25) is 0 Å². The topological polar surface area (TPSA) is 41.1 Å². The SMILES string of the molecule is CC1(CNCC(=O)NCc2ccccc2)CC1. The van der Waals surface area contributed by atoms with Gasteiger partial charge in [0.1, 0.15) is 0 Å². The number of hydrogen-bond donors (Lipinski definition) is 2. The maximum Gasteiger partial charge on any atom is 0.234 e. The fourth-order valence-corrected chi connectivity index (χ4v) is 1.73. The van der Waals surface area contributed by atoms with E-state index in [1.54, 1.807) is 0 Å². The van der Waals surface area contributed by atoms with E-state index in [0.717, 1.165) is 12.1 Å². The summed E-state index contributed by atoms with van der Waals surface area (Å²) in [5.74, 6) is 0.0677. The van der Waals surface area contributed by atoms with Crippen LogP contribution < -0.4 is 10.6 Å². The van der Waals surface area contributed by atoms with Crippen molar-refractivity contribution in [3.05, 3.63) is 35.9 Å². The minimum Gasteiger partial charge on any atom is -0.351 e. The standard InChI is InChI=1S/C14H20N2O/c1-14(7-8-14)11-15-10-13(17)16-9-12-5-3-2-4-6-12/h2-6,15H,7-11H2,1H3,(H,16,17). The Morgan fingerprint density at radius 1 is 1.29 bits per heavy atom. The average molecular weight is 232 g/mol. The van der Waals surface area contributed by atoms with Gasteiger partial charge in [0.25, 0.3) is 0 Å². The molecule has 0 aliphatic heterocycles. The van der Waals surface area contributed by atoms with Gasteiger partial charge in [-0.3, -0.25) is 4.79 Å². The fourth-order valence-electron chi connectivity index (χ4n) is 1.73. The highest BCUT2D eigenvalue weighted by atomic mass is 16.1. The molecule has 1 aromatic carbocycles. The first-order chi connectivity index (χ1) is 8.18. The molecule has 0 atom stereocenters. The van der Waals surface area contributed by atoms with Crippen molar-refractivity contribution in [1.82, 2.24) is 10.6 Å². The lowest BCUT2D eigenvalue weighted by Gasteiger charge is -2.10. The molecule has 0 spiro atoms. The molecule has 3 nitrogen and oxygen atoms in total. The summed E-state index contributed by atoms with van der Waals surface area (Å²) in [4.78, 5) is 11.5. The van der Waals surface area contributed by atoms with Gasteiger partial charge >= 0.3 is 0 Å². The molecule has 2 N–H and O–H groups in total. The molecule has 3 heteroatoms. The molecular formula is C14H20N2O. The number of nitrogens with one attached hydrogen (secondary N) is 2. The molecule has 1 amide bonds. The third-order valence-electron chi connectivity index (χ3n) is 3.27. The van der Waals surface area contributed by atoms with Gasteiger partial charge in [0.2, 0.25) is 5.91 Å². The van der Waals surface area contributed by atoms with E-state index in [4.69, 9.17) is 0 Å². The van der Waals surface area contributed by atoms with Crippen molar-refractivity contribution in [2.75, 3.05) is 13.1 Å². The minimum atomic E-state index is 0.0677. The summed E-state index contributed by atoms with van der Waals surface area (Å²) in [6.07, 6.45) is 2.57. The predicted molar refractivity (Wildman–Crippen MR) is 68.5 cm³/mol. The third-order valence-corrected chi connectivity index (χ3v) is 3.27. The first-order valence-electron chi connectivity index (χ1n) is 6.19. The van der Waals surface area contributed by atoms with Crippen molar-refractivity contribution >= 4 is 5.91 Å². The molecule has 1 aliphatic rings. The van der Waals surface area contributed by atoms with Crippen LogP contribution in [0.4, 0.5) is 0 Å². The summed E-state index contributed by atoms with van der Waals surface area (Å²) < 4.78 is 0. The summed E-state index contributed by atoms with van der Waals surface area (Å²) in [6.45, 7) is 4.23. The Balaban J connectivity index is 1.61. The number of amides is 1. The lowest BCUT2D eigenvalue weighted by molar-refractivity contribution is -0.120. The van der Waals surface area contributed by atoms with Gasteiger partial charge in [-0.1, -0.05) is 37.3 Å². The van der Waals surface area contributed by atoms with Gasteiger partial charge in [-0.2, -0.15) is 0 Å². The van der Waals surface area contributed by atoms with E-state index < -0.39 is 0 Å². The van der Waals surface area contributed by atoms with Gasteiger partial charge in [0, 0.05) is 13.1 Å². The molecule has 0 bridgehead atoms. The number of carbonyl (C=O) groups is 1. The molecule has 0 radical (unpaired) electrons. The fraction of sp³-hybridized carbons (Fsp3) is 0.500. The Bertz CT molecular complexity index is 371. The monoisotopic (exact) mass is 232 g/mol. The van der Waals surface area contributed by atoms with Crippen molar-refractivity contribution in [3.8, 4) is 0 Å². The molecule has 0 unspecified atom stereocenters. The van der Waals surface area contributed by atoms with Crippen molar-refractivity contribution in [2.24, 2.45) is 5.41 Å². The maximum atomic E-state index is 11.5. The van der Waals surface area contributed by atoms with Gasteiger partial charge in [-0.05, 0) is 23.8 Å². The van der Waals surface area contributed by atoms with E-state index in [-0.39, 0.29) is 5.91 Å². The zero-order valence-corrected chi connectivity index (χ0v) is 10.3. The maximum absolute atomic E-state index is 11.5. The smallest absolute Gasteiger partial charge is 0.234 e. The van der Waals surface area contributed by atoms with Gasteiger partial charge < -0.3 is 10.6 Å². The molecule has 2 rings (SSSR count). The Morgan fingerprint density at radius 2 is 2.00 bits per heavy atom. The van der Waals surface area contributed by atoms with Crippen molar-refractivity contribution in [3.63, 3.8) is 0 Å². The van der Waals surface area contributed by atoms with Crippen LogP contribution in [-0.2, 0) is 11.3 Å². The molecule has 0 saturated heterocycles. The van der Waals surface area contributed by atoms with Crippen LogP contribution in [0.3, 0.4) is 0 Å². The van der Waals surface area contributed by atoms with Crippen LogP contribution in [0.15, 0.2) is 30.3 Å². The Kier molecular flexibility index (Phi) is 3.79. The molecule has 92 valence electrons. The van der Waals surface area contributed by atoms with E-state index in [1.165, 1.54) is 12.8 Å². The summed E-state index contributed by atoms with van der Waals surface area (Å²) in [6, 6.07) is 9.96. The predicted octanol–water partition coefficient (Wildman–Crippen LogP) is 1.69. The number of hydrogen-bond acceptors (Lipinski definition) is 2. The molecule has 1 aliphatic carbocycles. The quantitative estimate of drug-likeness (QED) is 0.783. The third kappa shape index (κ3) is 4.19. The van der Waals surface area contributed by atoms with Crippen LogP contribution in [0.5, 0.6) is 0 Å². The largest absolute Gasteiger partial charge is 0.351 e. The highest BCUT2D eigenvalue weighted by Gasteiger charge is 2.36. The lowest BCUT2D eigenvalue weighted by Crippen LogP contribution is -2.35. The zero-order valence-electron chi connectivity index (χ0n) is 10.3. The van der Waals surface area contributed by atoms with Crippen LogP contribution in [0.25, 0.3) is 0 Å². The van der Waals surface area contributed by atoms with Gasteiger partial charge in [-0.25, -0.2) is 0 Å². The first kappa shape index (κ1) is 12.1. The summed E-state index contributed by atoms with van der Waals surface area (Å²) in [5, 5.41) is 6.12. The second-order valence-electron chi connectivity index (χ2n) is 5.18. The molecular weight excluding hydrogens is 212 g/mol. The van der Waals surface area contributed by atoms with Crippen molar-refractivity contribution < 1.29 is 4.79 Å². The Morgan fingerprint density at radius 3 is 2.65 bits per heavy atom. The van der Waals surface area contributed by atoms with Crippen LogP contribution in [0.1, 0.15) is 25.3 Å². The van der Waals surface area contributed by atoms with E-state index in [2.05, 4.69) is 17.6 Å². The first-order valence-corrected chi connectivity index (χ1v) is 6.19. The van der Waals surface area contributed by atoms with Crippen LogP contribution in [-0.4, -0.2) is 19.0 Å². The van der Waals surface area contributed by atoms with Crippen molar-refractivity contribution in [2.45, 2.75) is 26.3 Å². The summed E-state index contributed by atoms with van der Waals surface area (Å²) in [5.41, 5.74) is 1.59. The molecule has 1 saturated carbocycles. The average Bonchev–Trinajstić information content (AvgIpc) is 3.06. The van der Waals surface area contributed by atoms with E-state index in [0.29, 0.717) is 18.5 Å². The summed E-state index contributed by atoms with van der Waals surface area (Å²) >= 11 is 0. The van der Waals surface area contributed by atoms with Crippen molar-refractivity contribution in [1.29, 1.82) is 0 Å². The lowest BCUT2D eigenvalue weighted by atomic mass is 10.1. The highest BCUT2D eigenvalue weighted by molar-refractivity contribution is 5.77. The van der Waals surface area contributed by atoms with Crippen LogP contribution >= 0.6 is 0 Å². The number of benzene rings is 1. The molecule has 1 fully saturated rings. The highest BCUT2D eigenvalue weighted by Crippen LogP contribution is 2.43.